The average Bonchev–Trinajstić information content (AvgIpc) is 2.59. The molecular formula is C23H33NO. The van der Waals surface area contributed by atoms with Crippen LogP contribution >= 0.6 is 0 Å². The molecule has 0 heterocycles. The molecule has 2 aromatic rings. The average molecular weight is 340 g/mol. The molecule has 2 aromatic carbocycles. The zero-order valence-electron chi connectivity index (χ0n) is 16.4. The van der Waals surface area contributed by atoms with Crippen LogP contribution in [0.25, 0.3) is 0 Å². The van der Waals surface area contributed by atoms with E-state index in [2.05, 4.69) is 64.2 Å². The molecule has 136 valence electrons. The molecule has 2 rings (SSSR count). The first-order chi connectivity index (χ1) is 11.9. The SMILES string of the molecule is CCCC(NCC(C)C(C)(C)C)c1ccc(Oc2ccccc2)cc1. The number of rotatable bonds is 8. The minimum absolute atomic E-state index is 0.331. The summed E-state index contributed by atoms with van der Waals surface area (Å²) in [6.45, 7) is 12.5. The molecule has 0 aromatic heterocycles. The Morgan fingerprint density at radius 3 is 2.08 bits per heavy atom. The summed E-state index contributed by atoms with van der Waals surface area (Å²) in [6, 6.07) is 18.8. The van der Waals surface area contributed by atoms with Gasteiger partial charge in [0.15, 0.2) is 0 Å². The van der Waals surface area contributed by atoms with Gasteiger partial charge in [0, 0.05) is 6.04 Å². The summed E-state index contributed by atoms with van der Waals surface area (Å²) in [4.78, 5) is 0. The molecule has 25 heavy (non-hydrogen) atoms. The first-order valence-corrected chi connectivity index (χ1v) is 9.46. The number of ether oxygens (including phenoxy) is 1. The van der Waals surface area contributed by atoms with Gasteiger partial charge in [-0.2, -0.15) is 0 Å². The normalized spacial score (nSPS) is 14.1. The lowest BCUT2D eigenvalue weighted by Gasteiger charge is -2.30. The van der Waals surface area contributed by atoms with E-state index < -0.39 is 0 Å². The van der Waals surface area contributed by atoms with Gasteiger partial charge in [0.25, 0.3) is 0 Å². The Labute approximate surface area is 153 Å². The first kappa shape index (κ1) is 19.5. The largest absolute Gasteiger partial charge is 0.457 e. The number of para-hydroxylation sites is 1. The molecule has 0 aliphatic carbocycles. The second-order valence-electron chi connectivity index (χ2n) is 8.00. The van der Waals surface area contributed by atoms with Crippen molar-refractivity contribution < 1.29 is 4.74 Å². The van der Waals surface area contributed by atoms with Crippen LogP contribution in [-0.2, 0) is 0 Å². The summed E-state index contributed by atoms with van der Waals surface area (Å²) >= 11 is 0. The van der Waals surface area contributed by atoms with E-state index in [1.807, 2.05) is 30.3 Å². The second-order valence-corrected chi connectivity index (χ2v) is 8.00. The van der Waals surface area contributed by atoms with Crippen LogP contribution in [0.2, 0.25) is 0 Å². The Kier molecular flexibility index (Phi) is 7.07. The molecule has 0 saturated heterocycles. The van der Waals surface area contributed by atoms with Gasteiger partial charge in [0.2, 0.25) is 0 Å². The maximum Gasteiger partial charge on any atom is 0.127 e. The third-order valence-electron chi connectivity index (χ3n) is 4.99. The van der Waals surface area contributed by atoms with Crippen LogP contribution in [0.3, 0.4) is 0 Å². The minimum Gasteiger partial charge on any atom is -0.457 e. The van der Waals surface area contributed by atoms with Gasteiger partial charge in [0.05, 0.1) is 0 Å². The fourth-order valence-corrected chi connectivity index (χ4v) is 2.69. The fraction of sp³-hybridized carbons (Fsp3) is 0.478. The Hall–Kier alpha value is -1.80. The lowest BCUT2D eigenvalue weighted by atomic mass is 9.82. The molecule has 0 radical (unpaired) electrons. The van der Waals surface area contributed by atoms with Crippen molar-refractivity contribution in [3.8, 4) is 11.5 Å². The molecule has 2 unspecified atom stereocenters. The Morgan fingerprint density at radius 1 is 0.920 bits per heavy atom. The van der Waals surface area contributed by atoms with E-state index in [1.54, 1.807) is 0 Å². The van der Waals surface area contributed by atoms with E-state index >= 15 is 0 Å². The topological polar surface area (TPSA) is 21.3 Å². The lowest BCUT2D eigenvalue weighted by Crippen LogP contribution is -2.32. The molecule has 2 nitrogen and oxygen atoms in total. The summed E-state index contributed by atoms with van der Waals surface area (Å²) in [5, 5.41) is 3.77. The van der Waals surface area contributed by atoms with Gasteiger partial charge in [-0.05, 0) is 54.1 Å². The Balaban J connectivity index is 2.00. The summed E-state index contributed by atoms with van der Waals surface area (Å²) in [7, 11) is 0. The van der Waals surface area contributed by atoms with Crippen molar-refractivity contribution in [2.24, 2.45) is 11.3 Å². The molecule has 0 saturated carbocycles. The number of nitrogens with one attached hydrogen (secondary N) is 1. The van der Waals surface area contributed by atoms with Crippen molar-refractivity contribution >= 4 is 0 Å². The summed E-state index contributed by atoms with van der Waals surface area (Å²) in [6.07, 6.45) is 2.32. The van der Waals surface area contributed by atoms with Crippen molar-refractivity contribution in [1.29, 1.82) is 0 Å². The monoisotopic (exact) mass is 339 g/mol. The second kappa shape index (κ2) is 9.05. The number of hydrogen-bond donors (Lipinski definition) is 1. The van der Waals surface area contributed by atoms with Crippen LogP contribution in [-0.4, -0.2) is 6.54 Å². The van der Waals surface area contributed by atoms with Crippen molar-refractivity contribution in [3.63, 3.8) is 0 Å². The van der Waals surface area contributed by atoms with Crippen molar-refractivity contribution in [2.45, 2.75) is 53.5 Å². The first-order valence-electron chi connectivity index (χ1n) is 9.46. The fourth-order valence-electron chi connectivity index (χ4n) is 2.69. The van der Waals surface area contributed by atoms with Crippen molar-refractivity contribution in [3.05, 3.63) is 60.2 Å². The molecule has 0 aliphatic heterocycles. The molecular weight excluding hydrogens is 306 g/mol. The van der Waals surface area contributed by atoms with Gasteiger partial charge < -0.3 is 10.1 Å². The third-order valence-corrected chi connectivity index (χ3v) is 4.99. The molecule has 2 heteroatoms. The van der Waals surface area contributed by atoms with Gasteiger partial charge in [-0.25, -0.2) is 0 Å². The van der Waals surface area contributed by atoms with Crippen LogP contribution in [0, 0.1) is 11.3 Å². The molecule has 0 amide bonds. The number of benzene rings is 2. The van der Waals surface area contributed by atoms with Crippen molar-refractivity contribution in [2.75, 3.05) is 6.54 Å². The molecule has 0 fully saturated rings. The van der Waals surface area contributed by atoms with Gasteiger partial charge >= 0.3 is 0 Å². The highest BCUT2D eigenvalue weighted by Crippen LogP contribution is 2.28. The molecule has 0 bridgehead atoms. The number of hydrogen-bond acceptors (Lipinski definition) is 2. The Bertz CT molecular complexity index is 613. The van der Waals surface area contributed by atoms with E-state index in [0.29, 0.717) is 17.4 Å². The standard InChI is InChI=1S/C23H33NO/c1-6-10-22(24-17-18(2)23(3,4)5)19-13-15-21(16-14-19)25-20-11-8-7-9-12-20/h7-9,11-16,18,22,24H,6,10,17H2,1-5H3. The summed E-state index contributed by atoms with van der Waals surface area (Å²) < 4.78 is 5.90. The Morgan fingerprint density at radius 2 is 1.52 bits per heavy atom. The summed E-state index contributed by atoms with van der Waals surface area (Å²) in [5.74, 6) is 2.39. The van der Waals surface area contributed by atoms with E-state index in [0.717, 1.165) is 24.5 Å². The molecule has 2 atom stereocenters. The molecule has 0 aliphatic rings. The smallest absolute Gasteiger partial charge is 0.127 e. The summed E-state index contributed by atoms with van der Waals surface area (Å²) in [5.41, 5.74) is 1.67. The predicted octanol–water partition coefficient (Wildman–Crippen LogP) is 6.59. The maximum absolute atomic E-state index is 5.90. The van der Waals surface area contributed by atoms with Crippen LogP contribution in [0.4, 0.5) is 0 Å². The van der Waals surface area contributed by atoms with E-state index in [1.165, 1.54) is 12.0 Å². The van der Waals surface area contributed by atoms with Crippen LogP contribution in [0.5, 0.6) is 11.5 Å². The minimum atomic E-state index is 0.331. The van der Waals surface area contributed by atoms with Crippen molar-refractivity contribution in [1.82, 2.24) is 5.32 Å². The van der Waals surface area contributed by atoms with Crippen LogP contribution in [0.1, 0.15) is 59.1 Å². The highest BCUT2D eigenvalue weighted by Gasteiger charge is 2.21. The molecule has 1 N–H and O–H groups in total. The van der Waals surface area contributed by atoms with Gasteiger partial charge in [-0.15, -0.1) is 0 Å². The lowest BCUT2D eigenvalue weighted by molar-refractivity contribution is 0.243. The highest BCUT2D eigenvalue weighted by molar-refractivity contribution is 5.34. The van der Waals surface area contributed by atoms with E-state index in [4.69, 9.17) is 4.74 Å². The zero-order chi connectivity index (χ0) is 18.3. The highest BCUT2D eigenvalue weighted by atomic mass is 16.5. The van der Waals surface area contributed by atoms with E-state index in [9.17, 15) is 0 Å². The van der Waals surface area contributed by atoms with E-state index in [-0.39, 0.29) is 0 Å². The maximum atomic E-state index is 5.90. The molecule has 0 spiro atoms. The van der Waals surface area contributed by atoms with Crippen LogP contribution < -0.4 is 10.1 Å². The predicted molar refractivity (Wildman–Crippen MR) is 107 cm³/mol. The third kappa shape index (κ3) is 6.21. The zero-order valence-corrected chi connectivity index (χ0v) is 16.4. The van der Waals surface area contributed by atoms with Gasteiger partial charge in [-0.3, -0.25) is 0 Å². The van der Waals surface area contributed by atoms with Gasteiger partial charge in [0.1, 0.15) is 11.5 Å². The van der Waals surface area contributed by atoms with Crippen LogP contribution in [0.15, 0.2) is 54.6 Å². The van der Waals surface area contributed by atoms with Gasteiger partial charge in [-0.1, -0.05) is 71.4 Å². The quantitative estimate of drug-likeness (QED) is 0.585.